The van der Waals surface area contributed by atoms with Crippen molar-refractivity contribution in [3.63, 3.8) is 0 Å². The molecule has 5 nitrogen and oxygen atoms in total. The molecule has 0 aromatic heterocycles. The number of nitrogens with zero attached hydrogens (tertiary/aromatic N) is 1. The predicted molar refractivity (Wildman–Crippen MR) is 61.2 cm³/mol. The van der Waals surface area contributed by atoms with Gasteiger partial charge in [0.15, 0.2) is 0 Å². The van der Waals surface area contributed by atoms with Crippen LogP contribution in [0.25, 0.3) is 0 Å². The van der Waals surface area contributed by atoms with E-state index in [0.29, 0.717) is 19.4 Å². The van der Waals surface area contributed by atoms with Gasteiger partial charge in [-0.05, 0) is 12.8 Å². The van der Waals surface area contributed by atoms with Gasteiger partial charge in [-0.1, -0.05) is 20.8 Å². The second-order valence-corrected chi connectivity index (χ2v) is 5.29. The molecule has 1 fully saturated rings. The van der Waals surface area contributed by atoms with E-state index < -0.39 is 17.3 Å². The molecule has 0 bridgehead atoms. The SMILES string of the molecule is CC(CCCN1C(=O)CC(C)(C)C1=O)C(=O)O. The zero-order valence-electron chi connectivity index (χ0n) is 10.5. The van der Waals surface area contributed by atoms with E-state index in [2.05, 4.69) is 0 Å². The Morgan fingerprint density at radius 3 is 2.47 bits per heavy atom. The van der Waals surface area contributed by atoms with Crippen molar-refractivity contribution in [2.24, 2.45) is 11.3 Å². The number of amides is 2. The van der Waals surface area contributed by atoms with Crippen molar-refractivity contribution in [1.29, 1.82) is 0 Å². The highest BCUT2D eigenvalue weighted by Gasteiger charge is 2.44. The number of carbonyl (C=O) groups is 3. The second-order valence-electron chi connectivity index (χ2n) is 5.29. The van der Waals surface area contributed by atoms with Crippen molar-refractivity contribution >= 4 is 17.8 Å². The zero-order chi connectivity index (χ0) is 13.2. The number of rotatable bonds is 5. The van der Waals surface area contributed by atoms with E-state index in [1.165, 1.54) is 4.90 Å². The fourth-order valence-electron chi connectivity index (χ4n) is 1.93. The summed E-state index contributed by atoms with van der Waals surface area (Å²) >= 11 is 0. The molecular formula is C12H19NO4. The fourth-order valence-corrected chi connectivity index (χ4v) is 1.93. The number of carbonyl (C=O) groups excluding carboxylic acids is 2. The standard InChI is InChI=1S/C12H19NO4/c1-8(10(15)16)5-4-6-13-9(14)7-12(2,3)11(13)17/h8H,4-7H2,1-3H3,(H,15,16). The van der Waals surface area contributed by atoms with E-state index in [1.807, 2.05) is 0 Å². The van der Waals surface area contributed by atoms with E-state index in [0.717, 1.165) is 0 Å². The maximum Gasteiger partial charge on any atom is 0.306 e. The van der Waals surface area contributed by atoms with Crippen LogP contribution in [0.15, 0.2) is 0 Å². The number of carboxylic acids is 1. The van der Waals surface area contributed by atoms with Gasteiger partial charge in [0.1, 0.15) is 0 Å². The summed E-state index contributed by atoms with van der Waals surface area (Å²) in [4.78, 5) is 35.3. The van der Waals surface area contributed by atoms with Crippen LogP contribution in [0.5, 0.6) is 0 Å². The zero-order valence-corrected chi connectivity index (χ0v) is 10.5. The third kappa shape index (κ3) is 3.05. The molecule has 1 saturated heterocycles. The van der Waals surface area contributed by atoms with Gasteiger partial charge in [-0.3, -0.25) is 19.3 Å². The van der Waals surface area contributed by atoms with E-state index in [9.17, 15) is 14.4 Å². The molecule has 17 heavy (non-hydrogen) atoms. The molecule has 1 N–H and O–H groups in total. The van der Waals surface area contributed by atoms with Gasteiger partial charge < -0.3 is 5.11 Å². The molecule has 1 atom stereocenters. The molecule has 96 valence electrons. The minimum absolute atomic E-state index is 0.148. The van der Waals surface area contributed by atoms with Gasteiger partial charge in [-0.2, -0.15) is 0 Å². The van der Waals surface area contributed by atoms with Crippen LogP contribution >= 0.6 is 0 Å². The van der Waals surface area contributed by atoms with Gasteiger partial charge >= 0.3 is 5.97 Å². The molecule has 0 saturated carbocycles. The van der Waals surface area contributed by atoms with Gasteiger partial charge in [0.2, 0.25) is 11.8 Å². The molecule has 5 heteroatoms. The van der Waals surface area contributed by atoms with Gasteiger partial charge in [0.25, 0.3) is 0 Å². The summed E-state index contributed by atoms with van der Waals surface area (Å²) in [6.07, 6.45) is 1.27. The summed E-state index contributed by atoms with van der Waals surface area (Å²) in [6, 6.07) is 0. The third-order valence-electron chi connectivity index (χ3n) is 3.16. The molecule has 2 amide bonds. The Balaban J connectivity index is 2.46. The molecule has 0 aromatic rings. The van der Waals surface area contributed by atoms with E-state index in [1.54, 1.807) is 20.8 Å². The Morgan fingerprint density at radius 2 is 2.06 bits per heavy atom. The summed E-state index contributed by atoms with van der Waals surface area (Å²) in [6.45, 7) is 5.47. The maximum absolute atomic E-state index is 11.8. The van der Waals surface area contributed by atoms with Gasteiger partial charge in [-0.25, -0.2) is 0 Å². The van der Waals surface area contributed by atoms with Crippen molar-refractivity contribution < 1.29 is 19.5 Å². The second kappa shape index (κ2) is 4.85. The Morgan fingerprint density at radius 1 is 1.47 bits per heavy atom. The van der Waals surface area contributed by atoms with Crippen molar-refractivity contribution in [3.8, 4) is 0 Å². The highest BCUT2D eigenvalue weighted by Crippen LogP contribution is 2.31. The van der Waals surface area contributed by atoms with Crippen LogP contribution in [0, 0.1) is 11.3 Å². The van der Waals surface area contributed by atoms with Crippen LogP contribution < -0.4 is 0 Å². The van der Waals surface area contributed by atoms with Crippen LogP contribution in [-0.2, 0) is 14.4 Å². The molecule has 1 unspecified atom stereocenters. The Kier molecular flexibility index (Phi) is 3.91. The van der Waals surface area contributed by atoms with Crippen LogP contribution in [0.4, 0.5) is 0 Å². The molecule has 1 aliphatic heterocycles. The topological polar surface area (TPSA) is 74.7 Å². The Labute approximate surface area is 101 Å². The van der Waals surface area contributed by atoms with Crippen molar-refractivity contribution in [1.82, 2.24) is 4.90 Å². The van der Waals surface area contributed by atoms with Crippen molar-refractivity contribution in [3.05, 3.63) is 0 Å². The molecule has 0 spiro atoms. The number of aliphatic carboxylic acids is 1. The number of likely N-dealkylation sites (tertiary alicyclic amines) is 1. The maximum atomic E-state index is 11.8. The lowest BCUT2D eigenvalue weighted by Gasteiger charge is -2.18. The lowest BCUT2D eigenvalue weighted by atomic mass is 9.92. The molecule has 0 aromatic carbocycles. The summed E-state index contributed by atoms with van der Waals surface area (Å²) in [5.41, 5.74) is -0.602. The monoisotopic (exact) mass is 241 g/mol. The van der Waals surface area contributed by atoms with Crippen LogP contribution in [0.3, 0.4) is 0 Å². The predicted octanol–water partition coefficient (Wildman–Crippen LogP) is 1.27. The molecule has 0 aliphatic carbocycles. The third-order valence-corrected chi connectivity index (χ3v) is 3.16. The first-order valence-electron chi connectivity index (χ1n) is 5.83. The minimum Gasteiger partial charge on any atom is -0.481 e. The first kappa shape index (κ1) is 13.7. The van der Waals surface area contributed by atoms with Gasteiger partial charge in [-0.15, -0.1) is 0 Å². The van der Waals surface area contributed by atoms with E-state index >= 15 is 0 Å². The number of carboxylic acid groups (broad SMARTS) is 1. The first-order valence-corrected chi connectivity index (χ1v) is 5.83. The fraction of sp³-hybridized carbons (Fsp3) is 0.750. The van der Waals surface area contributed by atoms with Gasteiger partial charge in [0, 0.05) is 13.0 Å². The van der Waals surface area contributed by atoms with E-state index in [4.69, 9.17) is 5.11 Å². The lowest BCUT2D eigenvalue weighted by molar-refractivity contribution is -0.141. The largest absolute Gasteiger partial charge is 0.481 e. The average molecular weight is 241 g/mol. The summed E-state index contributed by atoms with van der Waals surface area (Å²) in [5, 5.41) is 8.71. The van der Waals surface area contributed by atoms with Crippen LogP contribution in [0.1, 0.15) is 40.0 Å². The van der Waals surface area contributed by atoms with Crippen molar-refractivity contribution in [2.45, 2.75) is 40.0 Å². The van der Waals surface area contributed by atoms with E-state index in [-0.39, 0.29) is 18.2 Å². The number of hydrogen-bond acceptors (Lipinski definition) is 3. The molecule has 1 rings (SSSR count). The smallest absolute Gasteiger partial charge is 0.306 e. The summed E-state index contributed by atoms with van der Waals surface area (Å²) in [5.74, 6) is -1.58. The molecule has 1 heterocycles. The highest BCUT2D eigenvalue weighted by molar-refractivity contribution is 6.05. The van der Waals surface area contributed by atoms with Crippen LogP contribution in [0.2, 0.25) is 0 Å². The molecule has 1 aliphatic rings. The Hall–Kier alpha value is -1.39. The van der Waals surface area contributed by atoms with Crippen LogP contribution in [-0.4, -0.2) is 34.3 Å². The summed E-state index contributed by atoms with van der Waals surface area (Å²) in [7, 11) is 0. The highest BCUT2D eigenvalue weighted by atomic mass is 16.4. The minimum atomic E-state index is -0.843. The average Bonchev–Trinajstić information content (AvgIpc) is 2.39. The van der Waals surface area contributed by atoms with Crippen molar-refractivity contribution in [2.75, 3.05) is 6.54 Å². The lowest BCUT2D eigenvalue weighted by Crippen LogP contribution is -2.34. The molecular weight excluding hydrogens is 222 g/mol. The van der Waals surface area contributed by atoms with Gasteiger partial charge in [0.05, 0.1) is 11.3 Å². The summed E-state index contributed by atoms with van der Waals surface area (Å²) < 4.78 is 0. The number of imide groups is 1. The normalized spacial score (nSPS) is 20.8. The quantitative estimate of drug-likeness (QED) is 0.735. The first-order chi connectivity index (χ1) is 7.75. The molecule has 0 radical (unpaired) electrons. The Bertz CT molecular complexity index is 348. The number of hydrogen-bond donors (Lipinski definition) is 1.